The molecule has 2 aromatic carbocycles. The molecular formula is C17H19ClN2O2. The summed E-state index contributed by atoms with van der Waals surface area (Å²) in [6.45, 7) is 4.89. The Morgan fingerprint density at radius 1 is 1.09 bits per heavy atom. The minimum Gasteiger partial charge on any atom is -0.492 e. The van der Waals surface area contributed by atoms with Crippen LogP contribution in [0.2, 0.25) is 5.02 Å². The van der Waals surface area contributed by atoms with Crippen molar-refractivity contribution in [2.24, 2.45) is 0 Å². The molecule has 0 saturated heterocycles. The van der Waals surface area contributed by atoms with Gasteiger partial charge in [-0.15, -0.1) is 0 Å². The van der Waals surface area contributed by atoms with Gasteiger partial charge < -0.3 is 15.4 Å². The highest BCUT2D eigenvalue weighted by Crippen LogP contribution is 2.16. The number of halogens is 1. The van der Waals surface area contributed by atoms with Gasteiger partial charge in [-0.2, -0.15) is 0 Å². The Bertz CT molecular complexity index is 621. The number of benzene rings is 2. The molecular weight excluding hydrogens is 300 g/mol. The molecule has 0 fully saturated rings. The van der Waals surface area contributed by atoms with Crippen LogP contribution in [0.5, 0.6) is 5.75 Å². The Balaban J connectivity index is 1.71. The molecule has 2 rings (SSSR count). The van der Waals surface area contributed by atoms with Crippen molar-refractivity contribution in [1.29, 1.82) is 0 Å². The van der Waals surface area contributed by atoms with Gasteiger partial charge in [0.2, 0.25) is 0 Å². The average Bonchev–Trinajstić information content (AvgIpc) is 2.45. The van der Waals surface area contributed by atoms with E-state index in [1.807, 2.05) is 26.0 Å². The average molecular weight is 319 g/mol. The van der Waals surface area contributed by atoms with Crippen LogP contribution in [0.25, 0.3) is 0 Å². The summed E-state index contributed by atoms with van der Waals surface area (Å²) in [7, 11) is 0. The first-order chi connectivity index (χ1) is 10.5. The third kappa shape index (κ3) is 5.30. The van der Waals surface area contributed by atoms with Gasteiger partial charge in [0.15, 0.2) is 0 Å². The Kier molecular flexibility index (Phi) is 5.67. The highest BCUT2D eigenvalue weighted by molar-refractivity contribution is 6.30. The van der Waals surface area contributed by atoms with Crippen molar-refractivity contribution in [3.05, 3.63) is 58.6 Å². The molecule has 0 aliphatic carbocycles. The molecule has 0 saturated carbocycles. The summed E-state index contributed by atoms with van der Waals surface area (Å²) in [5.74, 6) is 0.817. The number of hydrogen-bond acceptors (Lipinski definition) is 2. The summed E-state index contributed by atoms with van der Waals surface area (Å²) in [5.41, 5.74) is 3.00. The zero-order chi connectivity index (χ0) is 15.9. The molecule has 2 aromatic rings. The zero-order valence-electron chi connectivity index (χ0n) is 12.7. The number of hydrogen-bond donors (Lipinski definition) is 2. The summed E-state index contributed by atoms with van der Waals surface area (Å²) in [6, 6.07) is 12.7. The molecule has 0 unspecified atom stereocenters. The van der Waals surface area contributed by atoms with E-state index >= 15 is 0 Å². The Hall–Kier alpha value is -2.20. The number of carbonyl (C=O) groups excluding carboxylic acids is 1. The quantitative estimate of drug-likeness (QED) is 0.813. The summed E-state index contributed by atoms with van der Waals surface area (Å²) in [5, 5.41) is 6.09. The van der Waals surface area contributed by atoms with Crippen molar-refractivity contribution >= 4 is 23.3 Å². The minimum absolute atomic E-state index is 0.272. The lowest BCUT2D eigenvalue weighted by molar-refractivity contribution is 0.247. The van der Waals surface area contributed by atoms with Crippen LogP contribution in [0.3, 0.4) is 0 Å². The Morgan fingerprint density at radius 2 is 1.73 bits per heavy atom. The van der Waals surface area contributed by atoms with Crippen LogP contribution >= 0.6 is 11.6 Å². The molecule has 0 aliphatic heterocycles. The smallest absolute Gasteiger partial charge is 0.319 e. The molecule has 0 aromatic heterocycles. The largest absolute Gasteiger partial charge is 0.492 e. The number of nitrogens with one attached hydrogen (secondary N) is 2. The Morgan fingerprint density at radius 3 is 2.36 bits per heavy atom. The van der Waals surface area contributed by atoms with E-state index in [1.165, 1.54) is 0 Å². The van der Waals surface area contributed by atoms with Gasteiger partial charge in [-0.25, -0.2) is 4.79 Å². The van der Waals surface area contributed by atoms with E-state index in [0.29, 0.717) is 23.9 Å². The van der Waals surface area contributed by atoms with Crippen LogP contribution in [-0.2, 0) is 0 Å². The second-order valence-electron chi connectivity index (χ2n) is 5.06. The van der Waals surface area contributed by atoms with Crippen LogP contribution in [0.4, 0.5) is 10.5 Å². The molecule has 2 amide bonds. The van der Waals surface area contributed by atoms with Crippen LogP contribution in [0.1, 0.15) is 11.1 Å². The van der Waals surface area contributed by atoms with E-state index in [2.05, 4.69) is 16.7 Å². The standard InChI is InChI=1S/C17H19ClN2O2/c1-12-9-13(2)11-16(10-12)22-8-7-19-17(21)20-15-5-3-14(18)4-6-15/h3-6,9-11H,7-8H2,1-2H3,(H2,19,20,21). The number of amides is 2. The van der Waals surface area contributed by atoms with Gasteiger partial charge in [-0.1, -0.05) is 17.7 Å². The highest BCUT2D eigenvalue weighted by atomic mass is 35.5. The topological polar surface area (TPSA) is 50.4 Å². The van der Waals surface area contributed by atoms with Crippen LogP contribution in [0.15, 0.2) is 42.5 Å². The lowest BCUT2D eigenvalue weighted by Crippen LogP contribution is -2.32. The lowest BCUT2D eigenvalue weighted by atomic mass is 10.1. The Labute approximate surface area is 135 Å². The van der Waals surface area contributed by atoms with Gasteiger partial charge in [-0.3, -0.25) is 0 Å². The van der Waals surface area contributed by atoms with E-state index in [4.69, 9.17) is 16.3 Å². The van der Waals surface area contributed by atoms with E-state index in [-0.39, 0.29) is 6.03 Å². The fourth-order valence-corrected chi connectivity index (χ4v) is 2.18. The molecule has 4 nitrogen and oxygen atoms in total. The lowest BCUT2D eigenvalue weighted by Gasteiger charge is -2.10. The first-order valence-corrected chi connectivity index (χ1v) is 7.42. The second-order valence-corrected chi connectivity index (χ2v) is 5.50. The summed E-state index contributed by atoms with van der Waals surface area (Å²) in [4.78, 5) is 11.7. The molecule has 5 heteroatoms. The van der Waals surface area contributed by atoms with Crippen molar-refractivity contribution in [3.63, 3.8) is 0 Å². The fourth-order valence-electron chi connectivity index (χ4n) is 2.06. The van der Waals surface area contributed by atoms with Crippen molar-refractivity contribution in [2.45, 2.75) is 13.8 Å². The number of urea groups is 1. The van der Waals surface area contributed by atoms with Crippen LogP contribution < -0.4 is 15.4 Å². The third-order valence-corrected chi connectivity index (χ3v) is 3.21. The number of ether oxygens (including phenoxy) is 1. The first-order valence-electron chi connectivity index (χ1n) is 7.04. The number of aryl methyl sites for hydroxylation is 2. The van der Waals surface area contributed by atoms with E-state index in [1.54, 1.807) is 24.3 Å². The minimum atomic E-state index is -0.272. The van der Waals surface area contributed by atoms with Gasteiger partial charge in [0, 0.05) is 10.7 Å². The van der Waals surface area contributed by atoms with Crippen LogP contribution in [-0.4, -0.2) is 19.2 Å². The fraction of sp³-hybridized carbons (Fsp3) is 0.235. The third-order valence-electron chi connectivity index (χ3n) is 2.95. The van der Waals surface area contributed by atoms with Gasteiger partial charge in [-0.05, 0) is 61.4 Å². The molecule has 0 aliphatic rings. The molecule has 22 heavy (non-hydrogen) atoms. The molecule has 0 heterocycles. The molecule has 0 atom stereocenters. The van der Waals surface area contributed by atoms with E-state index in [9.17, 15) is 4.79 Å². The summed E-state index contributed by atoms with van der Waals surface area (Å²) in [6.07, 6.45) is 0. The molecule has 0 bridgehead atoms. The van der Waals surface area contributed by atoms with Gasteiger partial charge in [0.25, 0.3) is 0 Å². The highest BCUT2D eigenvalue weighted by Gasteiger charge is 2.02. The van der Waals surface area contributed by atoms with Gasteiger partial charge >= 0.3 is 6.03 Å². The van der Waals surface area contributed by atoms with Gasteiger partial charge in [0.1, 0.15) is 12.4 Å². The summed E-state index contributed by atoms with van der Waals surface area (Å²) < 4.78 is 5.62. The molecule has 116 valence electrons. The van der Waals surface area contributed by atoms with E-state index in [0.717, 1.165) is 16.9 Å². The summed E-state index contributed by atoms with van der Waals surface area (Å²) >= 11 is 5.79. The second kappa shape index (κ2) is 7.71. The normalized spacial score (nSPS) is 10.1. The van der Waals surface area contributed by atoms with Crippen LogP contribution in [0, 0.1) is 13.8 Å². The number of rotatable bonds is 5. The molecule has 0 spiro atoms. The van der Waals surface area contributed by atoms with Gasteiger partial charge in [0.05, 0.1) is 6.54 Å². The number of carbonyl (C=O) groups is 1. The van der Waals surface area contributed by atoms with Crippen molar-refractivity contribution in [1.82, 2.24) is 5.32 Å². The van der Waals surface area contributed by atoms with E-state index < -0.39 is 0 Å². The van der Waals surface area contributed by atoms with Crippen molar-refractivity contribution < 1.29 is 9.53 Å². The monoisotopic (exact) mass is 318 g/mol. The zero-order valence-corrected chi connectivity index (χ0v) is 13.4. The SMILES string of the molecule is Cc1cc(C)cc(OCCNC(=O)Nc2ccc(Cl)cc2)c1. The van der Waals surface area contributed by atoms with Crippen molar-refractivity contribution in [3.8, 4) is 5.75 Å². The maximum absolute atomic E-state index is 11.7. The maximum Gasteiger partial charge on any atom is 0.319 e. The predicted molar refractivity (Wildman–Crippen MR) is 89.9 cm³/mol. The number of anilines is 1. The predicted octanol–water partition coefficient (Wildman–Crippen LogP) is 4.16. The maximum atomic E-state index is 11.7. The first kappa shape index (κ1) is 16.2. The molecule has 2 N–H and O–H groups in total. The molecule has 0 radical (unpaired) electrons. The van der Waals surface area contributed by atoms with Crippen molar-refractivity contribution in [2.75, 3.05) is 18.5 Å².